The quantitative estimate of drug-likeness (QED) is 0.199. The van der Waals surface area contributed by atoms with E-state index in [1.807, 2.05) is 12.1 Å². The predicted octanol–water partition coefficient (Wildman–Crippen LogP) is 5.07. The molecule has 0 aliphatic heterocycles. The maximum absolute atomic E-state index is 13.6. The number of unbranched alkanes of at least 4 members (excludes halogenated alkanes) is 3. The standard InChI is InChI=1S/C25H29FN6O/c1-2-3-10-21-31-23-24(22-19(30-25(23)28)8-7-13-29-22)32(21)14-6-4-5-9-20(33)16-11-12-18(27)17(26)15-16/h7-8,11-13,15H,2-6,9-10,14,27H2,1H3,(H2,28,30). The molecule has 4 N–H and O–H groups in total. The van der Waals surface area contributed by atoms with Crippen LogP contribution in [0.1, 0.15) is 61.6 Å². The number of hydrogen-bond donors (Lipinski definition) is 2. The molecule has 0 radical (unpaired) electrons. The van der Waals surface area contributed by atoms with Gasteiger partial charge in [-0.1, -0.05) is 19.8 Å². The highest BCUT2D eigenvalue weighted by atomic mass is 19.1. The number of imidazole rings is 1. The van der Waals surface area contributed by atoms with Crippen molar-refractivity contribution >= 4 is 39.4 Å². The number of aryl methyl sites for hydroxylation is 2. The first kappa shape index (κ1) is 22.6. The number of halogens is 1. The monoisotopic (exact) mass is 448 g/mol. The molecule has 3 heterocycles. The Morgan fingerprint density at radius 3 is 2.70 bits per heavy atom. The van der Waals surface area contributed by atoms with Gasteiger partial charge < -0.3 is 16.0 Å². The van der Waals surface area contributed by atoms with Crippen molar-refractivity contribution in [1.29, 1.82) is 0 Å². The summed E-state index contributed by atoms with van der Waals surface area (Å²) in [5.74, 6) is 0.789. The van der Waals surface area contributed by atoms with Gasteiger partial charge in [0.1, 0.15) is 28.2 Å². The van der Waals surface area contributed by atoms with Crippen LogP contribution in [0, 0.1) is 5.82 Å². The number of nitrogen functional groups attached to an aromatic ring is 2. The molecule has 7 nitrogen and oxygen atoms in total. The van der Waals surface area contributed by atoms with E-state index in [1.54, 1.807) is 12.3 Å². The van der Waals surface area contributed by atoms with Gasteiger partial charge in [-0.3, -0.25) is 9.78 Å². The van der Waals surface area contributed by atoms with Crippen molar-refractivity contribution in [3.63, 3.8) is 0 Å². The second-order valence-corrected chi connectivity index (χ2v) is 8.32. The number of nitrogens with zero attached hydrogens (tertiary/aromatic N) is 4. The summed E-state index contributed by atoms with van der Waals surface area (Å²) in [6.07, 6.45) is 7.57. The summed E-state index contributed by atoms with van der Waals surface area (Å²) < 4.78 is 15.8. The van der Waals surface area contributed by atoms with Crippen LogP contribution in [0.2, 0.25) is 0 Å². The van der Waals surface area contributed by atoms with Crippen LogP contribution in [0.4, 0.5) is 15.9 Å². The smallest absolute Gasteiger partial charge is 0.162 e. The number of benzene rings is 1. The van der Waals surface area contributed by atoms with E-state index < -0.39 is 5.82 Å². The highest BCUT2D eigenvalue weighted by Crippen LogP contribution is 2.28. The van der Waals surface area contributed by atoms with Crippen molar-refractivity contribution in [3.05, 3.63) is 53.7 Å². The van der Waals surface area contributed by atoms with Crippen LogP contribution in [-0.2, 0) is 13.0 Å². The Balaban J connectivity index is 1.48. The third-order valence-corrected chi connectivity index (χ3v) is 5.90. The van der Waals surface area contributed by atoms with Gasteiger partial charge in [0, 0.05) is 31.1 Å². The van der Waals surface area contributed by atoms with Crippen molar-refractivity contribution in [2.75, 3.05) is 11.5 Å². The van der Waals surface area contributed by atoms with Gasteiger partial charge in [0.05, 0.1) is 11.2 Å². The van der Waals surface area contributed by atoms with Gasteiger partial charge in [0.2, 0.25) is 0 Å². The van der Waals surface area contributed by atoms with E-state index >= 15 is 0 Å². The zero-order valence-corrected chi connectivity index (χ0v) is 18.9. The van der Waals surface area contributed by atoms with Crippen LogP contribution in [0.3, 0.4) is 0 Å². The molecule has 0 aliphatic rings. The number of hydrogen-bond acceptors (Lipinski definition) is 6. The zero-order chi connectivity index (χ0) is 23.4. The first-order chi connectivity index (χ1) is 16.0. The summed E-state index contributed by atoms with van der Waals surface area (Å²) in [5, 5.41) is 0. The normalized spacial score (nSPS) is 11.5. The molecule has 172 valence electrons. The summed E-state index contributed by atoms with van der Waals surface area (Å²) in [4.78, 5) is 26.2. The second kappa shape index (κ2) is 9.94. The average molecular weight is 449 g/mol. The molecule has 0 aliphatic carbocycles. The molecule has 8 heteroatoms. The number of anilines is 2. The number of pyridine rings is 2. The fourth-order valence-corrected chi connectivity index (χ4v) is 4.11. The van der Waals surface area contributed by atoms with E-state index in [1.165, 1.54) is 12.1 Å². The Morgan fingerprint density at radius 1 is 1.06 bits per heavy atom. The van der Waals surface area contributed by atoms with Gasteiger partial charge in [-0.15, -0.1) is 0 Å². The number of rotatable bonds is 10. The number of Topliss-reactive ketones (excluding diaryl/α,β-unsaturated/α-hetero) is 1. The van der Waals surface area contributed by atoms with Gasteiger partial charge in [0.15, 0.2) is 11.6 Å². The lowest BCUT2D eigenvalue weighted by Crippen LogP contribution is -2.06. The third kappa shape index (κ3) is 4.79. The molecule has 0 unspecified atom stereocenters. The maximum Gasteiger partial charge on any atom is 0.162 e. The summed E-state index contributed by atoms with van der Waals surface area (Å²) in [6, 6.07) is 7.99. The maximum atomic E-state index is 13.6. The molecule has 0 spiro atoms. The van der Waals surface area contributed by atoms with Crippen molar-refractivity contribution in [2.24, 2.45) is 0 Å². The van der Waals surface area contributed by atoms with Crippen LogP contribution in [0.15, 0.2) is 36.5 Å². The zero-order valence-electron chi connectivity index (χ0n) is 18.9. The van der Waals surface area contributed by atoms with Gasteiger partial charge in [-0.25, -0.2) is 14.4 Å². The molecule has 0 saturated heterocycles. The summed E-state index contributed by atoms with van der Waals surface area (Å²) in [6.45, 7) is 2.92. The molecular weight excluding hydrogens is 419 g/mol. The average Bonchev–Trinajstić information content (AvgIpc) is 3.18. The van der Waals surface area contributed by atoms with Crippen LogP contribution < -0.4 is 11.5 Å². The molecule has 3 aromatic heterocycles. The second-order valence-electron chi connectivity index (χ2n) is 8.32. The largest absolute Gasteiger partial charge is 0.396 e. The Morgan fingerprint density at radius 2 is 1.91 bits per heavy atom. The van der Waals surface area contributed by atoms with E-state index in [9.17, 15) is 9.18 Å². The van der Waals surface area contributed by atoms with E-state index in [-0.39, 0.29) is 11.5 Å². The molecule has 4 rings (SSSR count). The topological polar surface area (TPSA) is 113 Å². The van der Waals surface area contributed by atoms with Crippen molar-refractivity contribution < 1.29 is 9.18 Å². The van der Waals surface area contributed by atoms with Crippen molar-refractivity contribution in [2.45, 2.75) is 58.4 Å². The first-order valence-electron chi connectivity index (χ1n) is 11.5. The van der Waals surface area contributed by atoms with Crippen LogP contribution >= 0.6 is 0 Å². The van der Waals surface area contributed by atoms with Crippen LogP contribution in [0.5, 0.6) is 0 Å². The van der Waals surface area contributed by atoms with E-state index in [2.05, 4.69) is 21.5 Å². The van der Waals surface area contributed by atoms with Gasteiger partial charge in [0.25, 0.3) is 0 Å². The molecule has 0 saturated carbocycles. The molecule has 33 heavy (non-hydrogen) atoms. The highest BCUT2D eigenvalue weighted by Gasteiger charge is 2.18. The summed E-state index contributed by atoms with van der Waals surface area (Å²) >= 11 is 0. The lowest BCUT2D eigenvalue weighted by atomic mass is 10.0. The minimum atomic E-state index is -0.554. The number of aromatic nitrogens is 4. The summed E-state index contributed by atoms with van der Waals surface area (Å²) in [5.41, 5.74) is 15.3. The van der Waals surface area contributed by atoms with E-state index in [4.69, 9.17) is 16.5 Å². The number of nitrogens with two attached hydrogens (primary N) is 2. The first-order valence-corrected chi connectivity index (χ1v) is 11.5. The summed E-state index contributed by atoms with van der Waals surface area (Å²) in [7, 11) is 0. The predicted molar refractivity (Wildman–Crippen MR) is 129 cm³/mol. The highest BCUT2D eigenvalue weighted by molar-refractivity contribution is 6.04. The number of ketones is 1. The number of carbonyl (C=O) groups is 1. The van der Waals surface area contributed by atoms with Gasteiger partial charge >= 0.3 is 0 Å². The van der Waals surface area contributed by atoms with Crippen LogP contribution in [0.25, 0.3) is 22.1 Å². The number of carbonyl (C=O) groups excluding carboxylic acids is 1. The molecule has 0 amide bonds. The Bertz CT molecular complexity index is 1300. The van der Waals surface area contributed by atoms with E-state index in [0.29, 0.717) is 23.3 Å². The fraction of sp³-hybridized carbons (Fsp3) is 0.360. The van der Waals surface area contributed by atoms with Crippen LogP contribution in [-0.4, -0.2) is 25.3 Å². The molecule has 1 aromatic carbocycles. The Hall–Kier alpha value is -3.55. The lowest BCUT2D eigenvalue weighted by Gasteiger charge is -2.10. The minimum Gasteiger partial charge on any atom is -0.396 e. The SMILES string of the molecule is CCCCc1nc2c(N)nc3cccnc3c2n1CCCCCC(=O)c1ccc(N)c(F)c1. The van der Waals surface area contributed by atoms with Crippen molar-refractivity contribution in [1.82, 2.24) is 19.5 Å². The number of fused-ring (bicyclic) bond motifs is 3. The third-order valence-electron chi connectivity index (χ3n) is 5.90. The molecule has 0 fully saturated rings. The lowest BCUT2D eigenvalue weighted by molar-refractivity contribution is 0.0978. The Labute approximate surface area is 192 Å². The molecule has 4 aromatic rings. The molecule has 0 bridgehead atoms. The molecular formula is C25H29FN6O. The van der Waals surface area contributed by atoms with Gasteiger partial charge in [-0.2, -0.15) is 0 Å². The van der Waals surface area contributed by atoms with E-state index in [0.717, 1.165) is 67.4 Å². The molecule has 0 atom stereocenters. The van der Waals surface area contributed by atoms with Crippen molar-refractivity contribution in [3.8, 4) is 0 Å². The van der Waals surface area contributed by atoms with Gasteiger partial charge in [-0.05, 0) is 49.6 Å². The Kier molecular flexibility index (Phi) is 6.82. The fourth-order valence-electron chi connectivity index (χ4n) is 4.11. The minimum absolute atomic E-state index is 0.0517.